The number of carbonyl (C=O) groups excluding carboxylic acids is 1. The van der Waals surface area contributed by atoms with Crippen LogP contribution in [0.1, 0.15) is 40.0 Å². The highest BCUT2D eigenvalue weighted by molar-refractivity contribution is 5.91. The minimum Gasteiger partial charge on any atom is -0.394 e. The van der Waals surface area contributed by atoms with Gasteiger partial charge in [0.05, 0.1) is 19.3 Å². The van der Waals surface area contributed by atoms with E-state index in [0.717, 1.165) is 5.57 Å². The maximum atomic E-state index is 11.8. The second-order valence-electron chi connectivity index (χ2n) is 8.29. The predicted molar refractivity (Wildman–Crippen MR) is 95.6 cm³/mol. The Morgan fingerprint density at radius 2 is 1.89 bits per heavy atom. The van der Waals surface area contributed by atoms with E-state index in [1.165, 1.54) is 0 Å². The normalized spacial score (nSPS) is 37.8. The van der Waals surface area contributed by atoms with Crippen molar-refractivity contribution in [1.29, 1.82) is 0 Å². The van der Waals surface area contributed by atoms with Gasteiger partial charge in [0.1, 0.15) is 24.4 Å². The van der Waals surface area contributed by atoms with Gasteiger partial charge in [0.15, 0.2) is 12.1 Å². The van der Waals surface area contributed by atoms with Crippen LogP contribution in [0.4, 0.5) is 0 Å². The van der Waals surface area contributed by atoms with Gasteiger partial charge < -0.3 is 35.0 Å². The molecular weight excluding hydrogens is 356 g/mol. The third-order valence-corrected chi connectivity index (χ3v) is 5.67. The van der Waals surface area contributed by atoms with Crippen LogP contribution >= 0.6 is 0 Å². The van der Waals surface area contributed by atoms with E-state index in [1.54, 1.807) is 6.08 Å². The summed E-state index contributed by atoms with van der Waals surface area (Å²) in [6.45, 7) is 5.15. The summed E-state index contributed by atoms with van der Waals surface area (Å²) < 4.78 is 11.0. The molecule has 0 aromatic rings. The molecule has 1 fully saturated rings. The number of hydrogen-bond donors (Lipinski definition) is 5. The van der Waals surface area contributed by atoms with Crippen molar-refractivity contribution in [2.75, 3.05) is 13.2 Å². The van der Waals surface area contributed by atoms with Gasteiger partial charge >= 0.3 is 0 Å². The molecule has 7 atom stereocenters. The van der Waals surface area contributed by atoms with Crippen molar-refractivity contribution in [3.8, 4) is 0 Å². The van der Waals surface area contributed by atoms with Crippen molar-refractivity contribution in [2.24, 2.45) is 11.3 Å². The molecule has 8 heteroatoms. The topological polar surface area (TPSA) is 137 Å². The van der Waals surface area contributed by atoms with E-state index in [2.05, 4.69) is 0 Å². The maximum absolute atomic E-state index is 11.8. The van der Waals surface area contributed by atoms with Crippen LogP contribution in [0.15, 0.2) is 11.6 Å². The van der Waals surface area contributed by atoms with Crippen LogP contribution in [0.25, 0.3) is 0 Å². The second kappa shape index (κ2) is 9.09. The molecule has 1 aliphatic carbocycles. The quantitative estimate of drug-likeness (QED) is 0.394. The highest BCUT2D eigenvalue weighted by Crippen LogP contribution is 2.42. The monoisotopic (exact) mass is 388 g/mol. The fourth-order valence-corrected chi connectivity index (χ4v) is 4.14. The van der Waals surface area contributed by atoms with E-state index in [4.69, 9.17) is 9.47 Å². The Hall–Kier alpha value is -0.870. The van der Waals surface area contributed by atoms with Crippen LogP contribution in [-0.4, -0.2) is 81.3 Å². The summed E-state index contributed by atoms with van der Waals surface area (Å²) in [6.07, 6.45) is -4.19. The van der Waals surface area contributed by atoms with Crippen LogP contribution in [0.5, 0.6) is 0 Å². The molecule has 0 unspecified atom stereocenters. The average molecular weight is 388 g/mol. The molecule has 8 nitrogen and oxygen atoms in total. The van der Waals surface area contributed by atoms with Gasteiger partial charge in [-0.05, 0) is 37.2 Å². The fraction of sp³-hybridized carbons (Fsp3) is 0.842. The smallest absolute Gasteiger partial charge is 0.187 e. The van der Waals surface area contributed by atoms with Crippen molar-refractivity contribution in [3.63, 3.8) is 0 Å². The van der Waals surface area contributed by atoms with Crippen LogP contribution in [0.3, 0.4) is 0 Å². The highest BCUT2D eigenvalue weighted by atomic mass is 16.7. The summed E-state index contributed by atoms with van der Waals surface area (Å²) >= 11 is 0. The minimum atomic E-state index is -1.52. The molecule has 1 saturated heterocycles. The van der Waals surface area contributed by atoms with Crippen LogP contribution < -0.4 is 0 Å². The standard InChI is InChI=1S/C19H32O8/c1-10-6-11(22)7-19(2,3)13(10)5-4-12(8-20)26-18-17(25)16(24)15(23)14(9-21)27-18/h6,12-18,20-21,23-25H,4-5,7-9H2,1-3H3/t12-,13-,14+,15+,16-,17+,18+/m0/s1. The Kier molecular flexibility index (Phi) is 7.54. The summed E-state index contributed by atoms with van der Waals surface area (Å²) in [6, 6.07) is 0. The van der Waals surface area contributed by atoms with E-state index in [1.807, 2.05) is 20.8 Å². The number of ether oxygens (including phenoxy) is 2. The van der Waals surface area contributed by atoms with Gasteiger partial charge in [-0.3, -0.25) is 4.79 Å². The number of carbonyl (C=O) groups is 1. The molecule has 27 heavy (non-hydrogen) atoms. The molecule has 0 radical (unpaired) electrons. The number of allylic oxidation sites excluding steroid dienone is 2. The van der Waals surface area contributed by atoms with Crippen molar-refractivity contribution in [3.05, 3.63) is 11.6 Å². The van der Waals surface area contributed by atoms with E-state index in [9.17, 15) is 30.3 Å². The molecule has 0 bridgehead atoms. The minimum absolute atomic E-state index is 0.116. The molecule has 156 valence electrons. The van der Waals surface area contributed by atoms with Gasteiger partial charge in [0.2, 0.25) is 0 Å². The van der Waals surface area contributed by atoms with Gasteiger partial charge in [0, 0.05) is 6.42 Å². The average Bonchev–Trinajstić information content (AvgIpc) is 2.59. The fourth-order valence-electron chi connectivity index (χ4n) is 4.14. The molecule has 1 aliphatic heterocycles. The lowest BCUT2D eigenvalue weighted by molar-refractivity contribution is -0.313. The Morgan fingerprint density at radius 1 is 1.22 bits per heavy atom. The lowest BCUT2D eigenvalue weighted by Crippen LogP contribution is -2.59. The number of aliphatic hydroxyl groups is 5. The lowest BCUT2D eigenvalue weighted by Gasteiger charge is -2.41. The Morgan fingerprint density at radius 3 is 2.44 bits per heavy atom. The van der Waals surface area contributed by atoms with Crippen molar-refractivity contribution >= 4 is 5.78 Å². The van der Waals surface area contributed by atoms with E-state index in [0.29, 0.717) is 19.3 Å². The third kappa shape index (κ3) is 5.14. The molecule has 0 amide bonds. The maximum Gasteiger partial charge on any atom is 0.187 e. The molecule has 2 aliphatic rings. The SMILES string of the molecule is CC1=CC(=O)CC(C)(C)[C@H]1CC[C@@H](CO)O[C@@H]1O[C@H](CO)[C@@H](O)[C@H](O)[C@H]1O. The van der Waals surface area contributed by atoms with Crippen LogP contribution in [0, 0.1) is 11.3 Å². The van der Waals surface area contributed by atoms with E-state index < -0.39 is 43.4 Å². The molecule has 0 saturated carbocycles. The number of aliphatic hydroxyl groups excluding tert-OH is 5. The Labute approximate surface area is 159 Å². The van der Waals surface area contributed by atoms with Crippen molar-refractivity contribution in [2.45, 2.75) is 76.8 Å². The number of rotatable bonds is 7. The van der Waals surface area contributed by atoms with Gasteiger partial charge in [-0.15, -0.1) is 0 Å². The number of ketones is 1. The second-order valence-corrected chi connectivity index (χ2v) is 8.29. The van der Waals surface area contributed by atoms with Crippen molar-refractivity contribution in [1.82, 2.24) is 0 Å². The summed E-state index contributed by atoms with van der Waals surface area (Å²) in [7, 11) is 0. The van der Waals surface area contributed by atoms with E-state index >= 15 is 0 Å². The zero-order valence-corrected chi connectivity index (χ0v) is 16.1. The molecule has 1 heterocycles. The van der Waals surface area contributed by atoms with E-state index in [-0.39, 0.29) is 23.7 Å². The summed E-state index contributed by atoms with van der Waals surface area (Å²) in [5.74, 6) is 0.271. The van der Waals surface area contributed by atoms with Crippen LogP contribution in [0.2, 0.25) is 0 Å². The molecular formula is C19H32O8. The molecule has 0 spiro atoms. The number of hydrogen-bond acceptors (Lipinski definition) is 8. The first-order valence-electron chi connectivity index (χ1n) is 9.38. The molecule has 0 aromatic heterocycles. The Balaban J connectivity index is 1.99. The Bertz CT molecular complexity index is 544. The highest BCUT2D eigenvalue weighted by Gasteiger charge is 2.45. The first-order valence-corrected chi connectivity index (χ1v) is 9.38. The summed E-state index contributed by atoms with van der Waals surface area (Å²) in [5, 5.41) is 48.6. The van der Waals surface area contributed by atoms with Crippen molar-refractivity contribution < 1.29 is 39.8 Å². The summed E-state index contributed by atoms with van der Waals surface area (Å²) in [5.41, 5.74) is 0.805. The van der Waals surface area contributed by atoms with Gasteiger partial charge in [-0.1, -0.05) is 19.4 Å². The molecule has 5 N–H and O–H groups in total. The molecule has 2 rings (SSSR count). The van der Waals surface area contributed by atoms with Gasteiger partial charge in [0.25, 0.3) is 0 Å². The summed E-state index contributed by atoms with van der Waals surface area (Å²) in [4.78, 5) is 11.8. The zero-order valence-electron chi connectivity index (χ0n) is 16.1. The first kappa shape index (κ1) is 22.4. The first-order chi connectivity index (χ1) is 12.6. The third-order valence-electron chi connectivity index (χ3n) is 5.67. The largest absolute Gasteiger partial charge is 0.394 e. The van der Waals surface area contributed by atoms with Crippen LogP contribution in [-0.2, 0) is 14.3 Å². The predicted octanol–water partition coefficient (Wildman–Crippen LogP) is -0.494. The molecule has 0 aromatic carbocycles. The van der Waals surface area contributed by atoms with Gasteiger partial charge in [-0.2, -0.15) is 0 Å². The van der Waals surface area contributed by atoms with Gasteiger partial charge in [-0.25, -0.2) is 0 Å². The lowest BCUT2D eigenvalue weighted by atomic mass is 9.66. The zero-order chi connectivity index (χ0) is 20.4.